The highest BCUT2D eigenvalue weighted by molar-refractivity contribution is 7.99. The highest BCUT2D eigenvalue weighted by Crippen LogP contribution is 2.41. The number of halogens is 2. The molecule has 1 aromatic heterocycles. The summed E-state index contributed by atoms with van der Waals surface area (Å²) < 4.78 is 1.53. The zero-order valence-electron chi connectivity index (χ0n) is 22.3. The van der Waals surface area contributed by atoms with Gasteiger partial charge in [0, 0.05) is 11.1 Å². The molecule has 2 N–H and O–H groups in total. The van der Waals surface area contributed by atoms with Crippen molar-refractivity contribution < 1.29 is 9.59 Å². The molecule has 4 aromatic rings. The monoisotopic (exact) mass is 604 g/mol. The Kier molecular flexibility index (Phi) is 8.64. The lowest BCUT2D eigenvalue weighted by atomic mass is 10.0. The van der Waals surface area contributed by atoms with E-state index in [1.165, 1.54) is 34.8 Å². The molecule has 1 aliphatic carbocycles. The number of hydrogen-bond acceptors (Lipinski definition) is 6. The number of tetrazole rings is 1. The van der Waals surface area contributed by atoms with Crippen LogP contribution in [0.15, 0.2) is 71.9 Å². The Bertz CT molecular complexity index is 1660. The fourth-order valence-corrected chi connectivity index (χ4v) is 5.18. The second-order valence-corrected chi connectivity index (χ2v) is 11.8. The molecule has 0 saturated heterocycles. The number of anilines is 1. The van der Waals surface area contributed by atoms with Gasteiger partial charge in [0.25, 0.3) is 5.91 Å². The van der Waals surface area contributed by atoms with E-state index < -0.39 is 5.54 Å². The molecule has 1 fully saturated rings. The Morgan fingerprint density at radius 1 is 1.05 bits per heavy atom. The topological polar surface area (TPSA) is 102 Å². The van der Waals surface area contributed by atoms with Crippen LogP contribution < -0.4 is 10.6 Å². The smallest absolute Gasteiger partial charge is 0.252 e. The molecule has 11 heteroatoms. The molecule has 0 atom stereocenters. The van der Waals surface area contributed by atoms with E-state index in [0.29, 0.717) is 43.6 Å². The van der Waals surface area contributed by atoms with Gasteiger partial charge in [0.05, 0.1) is 32.7 Å². The zero-order valence-corrected chi connectivity index (χ0v) is 24.6. The van der Waals surface area contributed by atoms with Crippen LogP contribution in [0, 0.1) is 11.8 Å². The van der Waals surface area contributed by atoms with Gasteiger partial charge in [-0.05, 0) is 91.1 Å². The normalized spacial score (nSPS) is 12.8. The lowest BCUT2D eigenvalue weighted by Gasteiger charge is -2.19. The van der Waals surface area contributed by atoms with Crippen molar-refractivity contribution >= 4 is 52.5 Å². The van der Waals surface area contributed by atoms with Crippen LogP contribution in [0.2, 0.25) is 10.0 Å². The highest BCUT2D eigenvalue weighted by atomic mass is 35.5. The summed E-state index contributed by atoms with van der Waals surface area (Å²) in [5, 5.41) is 18.9. The third-order valence-corrected chi connectivity index (χ3v) is 7.78. The summed E-state index contributed by atoms with van der Waals surface area (Å²) in [6.07, 6.45) is 2.37. The van der Waals surface area contributed by atoms with Crippen molar-refractivity contribution in [3.8, 4) is 17.5 Å². The minimum atomic E-state index is -0.775. The average Bonchev–Trinajstić information content (AvgIpc) is 3.70. The SMILES string of the molecule is CC(C)(C#Cc1ccc(NC(=O)CSc2nnnn2-c2ccc(C3CC3)cc2Cl)c(Cl)c1)NC(=O)c1ccccc1. The number of hydrogen-bond donors (Lipinski definition) is 2. The summed E-state index contributed by atoms with van der Waals surface area (Å²) in [7, 11) is 0. The molecule has 41 heavy (non-hydrogen) atoms. The van der Waals surface area contributed by atoms with Gasteiger partial charge in [-0.15, -0.1) is 5.10 Å². The molecule has 1 saturated carbocycles. The fraction of sp³-hybridized carbons (Fsp3) is 0.233. The molecule has 0 bridgehead atoms. The van der Waals surface area contributed by atoms with Gasteiger partial charge in [0.2, 0.25) is 11.1 Å². The van der Waals surface area contributed by atoms with E-state index >= 15 is 0 Å². The van der Waals surface area contributed by atoms with Crippen molar-refractivity contribution in [1.29, 1.82) is 0 Å². The Morgan fingerprint density at radius 3 is 2.54 bits per heavy atom. The van der Waals surface area contributed by atoms with Crippen LogP contribution in [-0.4, -0.2) is 43.3 Å². The predicted octanol–water partition coefficient (Wildman–Crippen LogP) is 6.14. The van der Waals surface area contributed by atoms with E-state index in [0.717, 1.165) is 0 Å². The van der Waals surface area contributed by atoms with Gasteiger partial charge in [0.15, 0.2) is 0 Å². The van der Waals surface area contributed by atoms with Crippen molar-refractivity contribution in [2.45, 2.75) is 43.3 Å². The maximum absolute atomic E-state index is 12.7. The van der Waals surface area contributed by atoms with Gasteiger partial charge in [-0.2, -0.15) is 4.68 Å². The number of thioether (sulfide) groups is 1. The predicted molar refractivity (Wildman–Crippen MR) is 162 cm³/mol. The summed E-state index contributed by atoms with van der Waals surface area (Å²) in [5.74, 6) is 6.28. The van der Waals surface area contributed by atoms with Crippen molar-refractivity contribution in [2.24, 2.45) is 0 Å². The second kappa shape index (κ2) is 12.4. The lowest BCUT2D eigenvalue weighted by molar-refractivity contribution is -0.113. The first-order valence-electron chi connectivity index (χ1n) is 12.9. The van der Waals surface area contributed by atoms with Gasteiger partial charge in [0.1, 0.15) is 0 Å². The van der Waals surface area contributed by atoms with Crippen LogP contribution in [0.25, 0.3) is 5.69 Å². The molecule has 0 aliphatic heterocycles. The van der Waals surface area contributed by atoms with Gasteiger partial charge in [-0.25, -0.2) is 0 Å². The van der Waals surface area contributed by atoms with Gasteiger partial charge >= 0.3 is 0 Å². The fourth-order valence-electron chi connectivity index (χ4n) is 4.00. The Labute approximate surface area is 252 Å². The Balaban J connectivity index is 1.18. The number of aromatic nitrogens is 4. The van der Waals surface area contributed by atoms with Gasteiger partial charge in [-0.1, -0.05) is 71.1 Å². The number of nitrogens with zero attached hydrogens (tertiary/aromatic N) is 4. The van der Waals surface area contributed by atoms with E-state index in [2.05, 4.69) is 38.0 Å². The third kappa shape index (κ3) is 7.47. The number of carbonyl (C=O) groups excluding carboxylic acids is 2. The minimum Gasteiger partial charge on any atom is -0.336 e. The molecular weight excluding hydrogens is 579 g/mol. The summed E-state index contributed by atoms with van der Waals surface area (Å²) in [6, 6.07) is 20.0. The zero-order chi connectivity index (χ0) is 29.0. The molecule has 0 unspecified atom stereocenters. The lowest BCUT2D eigenvalue weighted by Crippen LogP contribution is -2.42. The highest BCUT2D eigenvalue weighted by Gasteiger charge is 2.25. The molecule has 2 amide bonds. The molecule has 3 aromatic carbocycles. The van der Waals surface area contributed by atoms with Crippen LogP contribution in [0.1, 0.15) is 54.1 Å². The molecule has 0 spiro atoms. The summed E-state index contributed by atoms with van der Waals surface area (Å²) in [6.45, 7) is 3.64. The first-order valence-corrected chi connectivity index (χ1v) is 14.6. The maximum atomic E-state index is 12.7. The van der Waals surface area contributed by atoms with E-state index in [1.54, 1.807) is 30.3 Å². The van der Waals surface area contributed by atoms with Crippen molar-refractivity contribution in [2.75, 3.05) is 11.1 Å². The third-order valence-electron chi connectivity index (χ3n) is 6.25. The number of carbonyl (C=O) groups is 2. The van der Waals surface area contributed by atoms with Crippen LogP contribution in [0.4, 0.5) is 5.69 Å². The molecule has 0 radical (unpaired) electrons. The standard InChI is InChI=1S/C30H26Cl2N6O2S/c1-30(2,34-28(40)21-6-4-3-5-7-21)15-14-19-8-12-25(23(31)16-19)33-27(39)18-41-29-35-36-37-38(29)26-13-11-22(17-24(26)32)20-9-10-20/h3-8,11-13,16-17,20H,9-10,18H2,1-2H3,(H,33,39)(H,34,40). The first-order chi connectivity index (χ1) is 19.7. The van der Waals surface area contributed by atoms with Crippen LogP contribution in [0.5, 0.6) is 0 Å². The summed E-state index contributed by atoms with van der Waals surface area (Å²) >= 11 is 14.1. The van der Waals surface area contributed by atoms with Gasteiger partial charge in [-0.3, -0.25) is 9.59 Å². The number of rotatable bonds is 8. The molecule has 1 heterocycles. The quantitative estimate of drug-likeness (QED) is 0.185. The average molecular weight is 606 g/mol. The summed E-state index contributed by atoms with van der Waals surface area (Å²) in [4.78, 5) is 25.2. The molecule has 5 rings (SSSR count). The molecule has 1 aliphatic rings. The van der Waals surface area contributed by atoms with Crippen molar-refractivity contribution in [1.82, 2.24) is 25.5 Å². The van der Waals surface area contributed by atoms with E-state index in [-0.39, 0.29) is 17.6 Å². The van der Waals surface area contributed by atoms with Crippen LogP contribution >= 0.6 is 35.0 Å². The number of nitrogens with one attached hydrogen (secondary N) is 2. The van der Waals surface area contributed by atoms with Crippen molar-refractivity contribution in [3.05, 3.63) is 93.5 Å². The first kappa shape index (κ1) is 28.7. The number of benzene rings is 3. The maximum Gasteiger partial charge on any atom is 0.252 e. The Morgan fingerprint density at radius 2 is 1.83 bits per heavy atom. The molecule has 208 valence electrons. The van der Waals surface area contributed by atoms with Crippen LogP contribution in [-0.2, 0) is 4.79 Å². The Hall–Kier alpha value is -3.84. The largest absolute Gasteiger partial charge is 0.336 e. The molecular formula is C30H26Cl2N6O2S. The van der Waals surface area contributed by atoms with Crippen molar-refractivity contribution in [3.63, 3.8) is 0 Å². The summed E-state index contributed by atoms with van der Waals surface area (Å²) in [5.41, 5.74) is 2.76. The second-order valence-electron chi connectivity index (χ2n) is 10.1. The van der Waals surface area contributed by atoms with E-state index in [9.17, 15) is 9.59 Å². The number of amides is 2. The van der Waals surface area contributed by atoms with Crippen LogP contribution in [0.3, 0.4) is 0 Å². The van der Waals surface area contributed by atoms with E-state index in [4.69, 9.17) is 23.2 Å². The van der Waals surface area contributed by atoms with Gasteiger partial charge < -0.3 is 10.6 Å². The van der Waals surface area contributed by atoms with E-state index in [1.807, 2.05) is 50.2 Å². The minimum absolute atomic E-state index is 0.0609. The molecule has 8 nitrogen and oxygen atoms in total.